The first-order valence-electron chi connectivity index (χ1n) is 7.46. The number of rotatable bonds is 3. The van der Waals surface area contributed by atoms with E-state index in [1.807, 2.05) is 12.1 Å². The van der Waals surface area contributed by atoms with E-state index in [2.05, 4.69) is 15.5 Å². The summed E-state index contributed by atoms with van der Waals surface area (Å²) >= 11 is 0. The minimum absolute atomic E-state index is 0.0406. The van der Waals surface area contributed by atoms with Crippen LogP contribution in [0.1, 0.15) is 15.9 Å². The summed E-state index contributed by atoms with van der Waals surface area (Å²) < 4.78 is 6.64. The fourth-order valence-electron chi connectivity index (χ4n) is 3.14. The number of hydrogen-bond donors (Lipinski definition) is 0. The van der Waals surface area contributed by atoms with Crippen molar-refractivity contribution < 1.29 is 14.3 Å². The number of ether oxygens (including phenoxy) is 1. The van der Waals surface area contributed by atoms with E-state index in [9.17, 15) is 9.59 Å². The Morgan fingerprint density at radius 2 is 2.09 bits per heavy atom. The van der Waals surface area contributed by atoms with Crippen LogP contribution in [-0.4, -0.2) is 56.7 Å². The Labute approximate surface area is 132 Å². The number of esters is 1. The number of tetrazole rings is 1. The van der Waals surface area contributed by atoms with Crippen molar-refractivity contribution >= 4 is 11.9 Å². The molecule has 1 amide bonds. The van der Waals surface area contributed by atoms with Crippen molar-refractivity contribution in [2.45, 2.75) is 6.54 Å². The molecule has 0 bridgehead atoms. The van der Waals surface area contributed by atoms with E-state index in [0.29, 0.717) is 31.8 Å². The van der Waals surface area contributed by atoms with Gasteiger partial charge in [-0.15, -0.1) is 5.10 Å². The summed E-state index contributed by atoms with van der Waals surface area (Å²) in [7, 11) is 0. The molecule has 4 rings (SSSR count). The van der Waals surface area contributed by atoms with Crippen LogP contribution in [0.3, 0.4) is 0 Å². The van der Waals surface area contributed by atoms with Crippen LogP contribution in [0.25, 0.3) is 0 Å². The van der Waals surface area contributed by atoms with E-state index in [0.717, 1.165) is 5.56 Å². The number of carbonyl (C=O) groups is 2. The average Bonchev–Trinajstić information content (AvgIpc) is 3.27. The van der Waals surface area contributed by atoms with Gasteiger partial charge in [0.05, 0.1) is 19.1 Å². The lowest BCUT2D eigenvalue weighted by atomic mass is 10.0. The molecule has 0 aliphatic carbocycles. The zero-order valence-corrected chi connectivity index (χ0v) is 12.3. The van der Waals surface area contributed by atoms with Crippen molar-refractivity contribution in [1.82, 2.24) is 25.1 Å². The second kappa shape index (κ2) is 5.45. The molecular formula is C15H15N5O3. The van der Waals surface area contributed by atoms with Crippen LogP contribution in [0.2, 0.25) is 0 Å². The van der Waals surface area contributed by atoms with Crippen LogP contribution < -0.4 is 0 Å². The SMILES string of the molecule is O=C1OC[C@H]2CN(C(=O)c3ccc(Cn4cnnn4)cc3)C[C@@H]12. The Kier molecular flexibility index (Phi) is 3.29. The van der Waals surface area contributed by atoms with Gasteiger partial charge in [-0.1, -0.05) is 12.1 Å². The van der Waals surface area contributed by atoms with Gasteiger partial charge in [0.25, 0.3) is 5.91 Å². The summed E-state index contributed by atoms with van der Waals surface area (Å²) in [6.07, 6.45) is 1.54. The van der Waals surface area contributed by atoms with E-state index >= 15 is 0 Å². The smallest absolute Gasteiger partial charge is 0.311 e. The molecule has 8 heteroatoms. The third-order valence-corrected chi connectivity index (χ3v) is 4.41. The molecule has 2 fully saturated rings. The van der Waals surface area contributed by atoms with Gasteiger partial charge < -0.3 is 9.64 Å². The molecule has 2 aromatic rings. The lowest BCUT2D eigenvalue weighted by molar-refractivity contribution is -0.141. The first-order valence-corrected chi connectivity index (χ1v) is 7.46. The summed E-state index contributed by atoms with van der Waals surface area (Å²) in [5.74, 6) is -0.230. The maximum atomic E-state index is 12.5. The molecule has 0 spiro atoms. The number of hydrogen-bond acceptors (Lipinski definition) is 6. The average molecular weight is 313 g/mol. The lowest BCUT2D eigenvalue weighted by Gasteiger charge is -2.17. The third kappa shape index (κ3) is 2.56. The van der Waals surface area contributed by atoms with E-state index in [1.54, 1.807) is 28.0 Å². The molecule has 3 heterocycles. The highest BCUT2D eigenvalue weighted by molar-refractivity contribution is 5.95. The first-order chi connectivity index (χ1) is 11.2. The van der Waals surface area contributed by atoms with Gasteiger partial charge in [-0.3, -0.25) is 9.59 Å². The molecule has 118 valence electrons. The van der Waals surface area contributed by atoms with Gasteiger partial charge in [0.15, 0.2) is 0 Å². The predicted molar refractivity (Wildman–Crippen MR) is 77.2 cm³/mol. The fraction of sp³-hybridized carbons (Fsp3) is 0.400. The van der Waals surface area contributed by atoms with Gasteiger partial charge in [0.1, 0.15) is 6.33 Å². The van der Waals surface area contributed by atoms with Crippen LogP contribution in [0.15, 0.2) is 30.6 Å². The second-order valence-corrected chi connectivity index (χ2v) is 5.91. The molecule has 8 nitrogen and oxygen atoms in total. The van der Waals surface area contributed by atoms with Gasteiger partial charge >= 0.3 is 5.97 Å². The Bertz CT molecular complexity index is 728. The monoisotopic (exact) mass is 313 g/mol. The minimum Gasteiger partial charge on any atom is -0.465 e. The molecule has 0 unspecified atom stereocenters. The fourth-order valence-corrected chi connectivity index (χ4v) is 3.14. The van der Waals surface area contributed by atoms with Crippen LogP contribution in [0.4, 0.5) is 0 Å². The van der Waals surface area contributed by atoms with Crippen molar-refractivity contribution in [3.63, 3.8) is 0 Å². The number of carbonyl (C=O) groups excluding carboxylic acids is 2. The lowest BCUT2D eigenvalue weighted by Crippen LogP contribution is -2.30. The van der Waals surface area contributed by atoms with Crippen molar-refractivity contribution in [3.8, 4) is 0 Å². The van der Waals surface area contributed by atoms with Crippen molar-refractivity contribution in [3.05, 3.63) is 41.7 Å². The van der Waals surface area contributed by atoms with E-state index in [4.69, 9.17) is 4.74 Å². The number of benzene rings is 1. The highest BCUT2D eigenvalue weighted by Gasteiger charge is 2.45. The van der Waals surface area contributed by atoms with Gasteiger partial charge in [-0.2, -0.15) is 0 Å². The normalized spacial score (nSPS) is 23.0. The zero-order valence-electron chi connectivity index (χ0n) is 12.3. The van der Waals surface area contributed by atoms with Gasteiger partial charge in [0.2, 0.25) is 0 Å². The first kappa shape index (κ1) is 13.9. The molecule has 0 saturated carbocycles. The van der Waals surface area contributed by atoms with Crippen molar-refractivity contribution in [1.29, 1.82) is 0 Å². The molecule has 2 aliphatic heterocycles. The number of likely N-dealkylation sites (tertiary alicyclic amines) is 1. The molecule has 1 aromatic carbocycles. The Morgan fingerprint density at radius 1 is 1.26 bits per heavy atom. The topological polar surface area (TPSA) is 90.2 Å². The molecule has 2 atom stereocenters. The Morgan fingerprint density at radius 3 is 2.78 bits per heavy atom. The van der Waals surface area contributed by atoms with Gasteiger partial charge in [-0.25, -0.2) is 4.68 Å². The summed E-state index contributed by atoms with van der Waals surface area (Å²) in [6.45, 7) is 2.02. The highest BCUT2D eigenvalue weighted by atomic mass is 16.5. The molecule has 2 saturated heterocycles. The molecular weight excluding hydrogens is 298 g/mol. The molecule has 0 N–H and O–H groups in total. The van der Waals surface area contributed by atoms with Crippen LogP contribution in [-0.2, 0) is 16.1 Å². The zero-order chi connectivity index (χ0) is 15.8. The summed E-state index contributed by atoms with van der Waals surface area (Å²) in [4.78, 5) is 25.9. The number of cyclic esters (lactones) is 1. The Hall–Kier alpha value is -2.77. The van der Waals surface area contributed by atoms with Crippen LogP contribution >= 0.6 is 0 Å². The molecule has 2 aliphatic rings. The van der Waals surface area contributed by atoms with Crippen LogP contribution in [0.5, 0.6) is 0 Å². The number of amides is 1. The van der Waals surface area contributed by atoms with Gasteiger partial charge in [0, 0.05) is 24.6 Å². The quantitative estimate of drug-likeness (QED) is 0.739. The third-order valence-electron chi connectivity index (χ3n) is 4.41. The maximum Gasteiger partial charge on any atom is 0.311 e. The summed E-state index contributed by atoms with van der Waals surface area (Å²) in [5, 5.41) is 11.0. The Balaban J connectivity index is 1.44. The number of nitrogens with zero attached hydrogens (tertiary/aromatic N) is 5. The van der Waals surface area contributed by atoms with Gasteiger partial charge in [-0.05, 0) is 28.1 Å². The van der Waals surface area contributed by atoms with Crippen molar-refractivity contribution in [2.24, 2.45) is 11.8 Å². The minimum atomic E-state index is -0.179. The van der Waals surface area contributed by atoms with E-state index in [1.165, 1.54) is 0 Å². The van der Waals surface area contributed by atoms with Crippen molar-refractivity contribution in [2.75, 3.05) is 19.7 Å². The van der Waals surface area contributed by atoms with E-state index < -0.39 is 0 Å². The van der Waals surface area contributed by atoms with Crippen LogP contribution in [0, 0.1) is 11.8 Å². The molecule has 1 aromatic heterocycles. The molecule has 23 heavy (non-hydrogen) atoms. The number of fused-ring (bicyclic) bond motifs is 1. The standard InChI is InChI=1S/C15H15N5O3/c21-14(19-6-12-8-23-15(22)13(12)7-19)11-3-1-10(2-4-11)5-20-9-16-17-18-20/h1-4,9,12-13H,5-8H2/t12-,13-/m1/s1. The summed E-state index contributed by atoms with van der Waals surface area (Å²) in [6, 6.07) is 7.38. The molecule has 0 radical (unpaired) electrons. The maximum absolute atomic E-state index is 12.5. The summed E-state index contributed by atoms with van der Waals surface area (Å²) in [5.41, 5.74) is 1.63. The second-order valence-electron chi connectivity index (χ2n) is 5.91. The van der Waals surface area contributed by atoms with E-state index in [-0.39, 0.29) is 23.7 Å². The largest absolute Gasteiger partial charge is 0.465 e. The number of aromatic nitrogens is 4. The highest BCUT2D eigenvalue weighted by Crippen LogP contribution is 2.31. The predicted octanol–water partition coefficient (Wildman–Crippen LogP) is -0.0336.